The van der Waals surface area contributed by atoms with Gasteiger partial charge in [-0.05, 0) is 31.5 Å². The third kappa shape index (κ3) is 3.77. The normalized spacial score (nSPS) is 14.6. The van der Waals surface area contributed by atoms with Crippen molar-refractivity contribution in [3.63, 3.8) is 0 Å². The Morgan fingerprint density at radius 2 is 2.06 bits per heavy atom. The number of aliphatic hydroxyl groups excluding tert-OH is 2. The Balaban J connectivity index is 2.78. The first-order valence-corrected chi connectivity index (χ1v) is 6.12. The third-order valence-corrected chi connectivity index (χ3v) is 2.82. The molecule has 0 spiro atoms. The van der Waals surface area contributed by atoms with E-state index in [4.69, 9.17) is 4.74 Å². The van der Waals surface area contributed by atoms with E-state index in [-0.39, 0.29) is 6.61 Å². The molecule has 0 saturated carbocycles. The summed E-state index contributed by atoms with van der Waals surface area (Å²) in [7, 11) is 0. The van der Waals surface area contributed by atoms with Crippen molar-refractivity contribution in [2.75, 3.05) is 6.61 Å². The van der Waals surface area contributed by atoms with Crippen LogP contribution >= 0.6 is 15.9 Å². The Morgan fingerprint density at radius 3 is 2.62 bits per heavy atom. The molecule has 0 radical (unpaired) electrons. The first-order valence-electron chi connectivity index (χ1n) is 5.33. The highest BCUT2D eigenvalue weighted by atomic mass is 79.9. The molecule has 3 nitrogen and oxygen atoms in total. The van der Waals surface area contributed by atoms with Crippen molar-refractivity contribution >= 4 is 15.9 Å². The van der Waals surface area contributed by atoms with Gasteiger partial charge in [-0.25, -0.2) is 0 Å². The Labute approximate surface area is 104 Å². The summed E-state index contributed by atoms with van der Waals surface area (Å²) in [5.41, 5.74) is 0.720. The van der Waals surface area contributed by atoms with Gasteiger partial charge in [0.05, 0.1) is 12.2 Å². The largest absolute Gasteiger partial charge is 0.491 e. The van der Waals surface area contributed by atoms with Crippen molar-refractivity contribution in [1.82, 2.24) is 0 Å². The van der Waals surface area contributed by atoms with E-state index in [0.29, 0.717) is 12.2 Å². The molecular formula is C12H17BrO3. The minimum Gasteiger partial charge on any atom is -0.491 e. The molecule has 0 amide bonds. The van der Waals surface area contributed by atoms with E-state index in [1.807, 2.05) is 19.1 Å². The molecule has 1 unspecified atom stereocenters. The average Bonchev–Trinajstić information content (AvgIpc) is 2.26. The summed E-state index contributed by atoms with van der Waals surface area (Å²) < 4.78 is 6.37. The highest BCUT2D eigenvalue weighted by Gasteiger charge is 2.11. The zero-order valence-electron chi connectivity index (χ0n) is 9.48. The van der Waals surface area contributed by atoms with Crippen LogP contribution in [0.4, 0.5) is 0 Å². The molecule has 2 N–H and O–H groups in total. The number of rotatable bonds is 5. The first-order chi connectivity index (χ1) is 7.54. The lowest BCUT2D eigenvalue weighted by Gasteiger charge is -2.15. The third-order valence-electron chi connectivity index (χ3n) is 2.32. The van der Waals surface area contributed by atoms with E-state index in [0.717, 1.165) is 10.0 Å². The number of halogens is 1. The second-order valence-corrected chi connectivity index (χ2v) is 4.65. The second-order valence-electron chi connectivity index (χ2n) is 3.73. The van der Waals surface area contributed by atoms with E-state index in [9.17, 15) is 10.2 Å². The number of aliphatic hydroxyl groups is 2. The number of hydrogen-bond donors (Lipinski definition) is 2. The van der Waals surface area contributed by atoms with Crippen LogP contribution in [-0.2, 0) is 0 Å². The van der Waals surface area contributed by atoms with Gasteiger partial charge in [0.15, 0.2) is 0 Å². The minimum absolute atomic E-state index is 0.248. The Hall–Kier alpha value is -0.580. The van der Waals surface area contributed by atoms with Gasteiger partial charge in [-0.15, -0.1) is 0 Å². The van der Waals surface area contributed by atoms with Gasteiger partial charge >= 0.3 is 0 Å². The summed E-state index contributed by atoms with van der Waals surface area (Å²) in [5, 5.41) is 19.0. The van der Waals surface area contributed by atoms with Crippen LogP contribution in [0.1, 0.15) is 31.9 Å². The predicted molar refractivity (Wildman–Crippen MR) is 66.6 cm³/mol. The maximum Gasteiger partial charge on any atom is 0.125 e. The lowest BCUT2D eigenvalue weighted by Crippen LogP contribution is -2.16. The molecule has 0 heterocycles. The van der Waals surface area contributed by atoms with Crippen molar-refractivity contribution in [1.29, 1.82) is 0 Å². The number of ether oxygens (including phenoxy) is 1. The lowest BCUT2D eigenvalue weighted by atomic mass is 10.1. The number of hydrogen-bond acceptors (Lipinski definition) is 3. The molecule has 0 aliphatic carbocycles. The molecule has 0 aliphatic rings. The Kier molecular flexibility index (Phi) is 5.25. The van der Waals surface area contributed by atoms with Crippen molar-refractivity contribution in [2.45, 2.75) is 32.5 Å². The quantitative estimate of drug-likeness (QED) is 0.876. The summed E-state index contributed by atoms with van der Waals surface area (Å²) in [6, 6.07) is 5.45. The van der Waals surface area contributed by atoms with E-state index in [1.54, 1.807) is 13.0 Å². The van der Waals surface area contributed by atoms with Crippen molar-refractivity contribution in [2.24, 2.45) is 0 Å². The predicted octanol–water partition coefficient (Wildman–Crippen LogP) is 2.65. The van der Waals surface area contributed by atoms with Gasteiger partial charge in [0.1, 0.15) is 12.4 Å². The average molecular weight is 289 g/mol. The van der Waals surface area contributed by atoms with Crippen molar-refractivity contribution in [3.05, 3.63) is 28.2 Å². The van der Waals surface area contributed by atoms with Crippen molar-refractivity contribution < 1.29 is 14.9 Å². The van der Waals surface area contributed by atoms with Crippen LogP contribution in [0.2, 0.25) is 0 Å². The smallest absolute Gasteiger partial charge is 0.125 e. The van der Waals surface area contributed by atoms with E-state index >= 15 is 0 Å². The molecule has 0 aromatic heterocycles. The SMILES string of the molecule is CCC(O)COc1ccc(Br)cc1[C@H](C)O. The van der Waals surface area contributed by atoms with Gasteiger partial charge in [0.2, 0.25) is 0 Å². The molecule has 90 valence electrons. The molecule has 0 fully saturated rings. The van der Waals surface area contributed by atoms with E-state index in [2.05, 4.69) is 15.9 Å². The van der Waals surface area contributed by atoms with E-state index in [1.165, 1.54) is 0 Å². The summed E-state index contributed by atoms with van der Waals surface area (Å²) in [6.45, 7) is 3.83. The van der Waals surface area contributed by atoms with Crippen LogP contribution < -0.4 is 4.74 Å². The molecule has 16 heavy (non-hydrogen) atoms. The van der Waals surface area contributed by atoms with Gasteiger partial charge in [0, 0.05) is 10.0 Å². The molecule has 2 atom stereocenters. The summed E-state index contributed by atoms with van der Waals surface area (Å²) >= 11 is 3.34. The monoisotopic (exact) mass is 288 g/mol. The van der Waals surface area contributed by atoms with Crippen LogP contribution in [0, 0.1) is 0 Å². The highest BCUT2D eigenvalue weighted by Crippen LogP contribution is 2.28. The van der Waals surface area contributed by atoms with E-state index < -0.39 is 12.2 Å². The van der Waals surface area contributed by atoms with Crippen LogP contribution in [0.5, 0.6) is 5.75 Å². The van der Waals surface area contributed by atoms with Crippen LogP contribution in [0.15, 0.2) is 22.7 Å². The summed E-state index contributed by atoms with van der Waals surface area (Å²) in [4.78, 5) is 0. The molecule has 1 rings (SSSR count). The molecule has 1 aromatic carbocycles. The Bertz CT molecular complexity index is 339. The zero-order chi connectivity index (χ0) is 12.1. The minimum atomic E-state index is -0.591. The fraction of sp³-hybridized carbons (Fsp3) is 0.500. The van der Waals surface area contributed by atoms with Gasteiger partial charge < -0.3 is 14.9 Å². The first kappa shape index (κ1) is 13.5. The second kappa shape index (κ2) is 6.23. The van der Waals surface area contributed by atoms with Crippen molar-refractivity contribution in [3.8, 4) is 5.75 Å². The lowest BCUT2D eigenvalue weighted by molar-refractivity contribution is 0.101. The molecule has 1 aromatic rings. The molecule has 0 saturated heterocycles. The van der Waals surface area contributed by atoms with Crippen LogP contribution in [0.25, 0.3) is 0 Å². The molecule has 0 aliphatic heterocycles. The summed E-state index contributed by atoms with van der Waals surface area (Å²) in [5.74, 6) is 0.616. The number of benzene rings is 1. The highest BCUT2D eigenvalue weighted by molar-refractivity contribution is 9.10. The fourth-order valence-electron chi connectivity index (χ4n) is 1.28. The standard InChI is InChI=1S/C12H17BrO3/c1-3-10(15)7-16-12-5-4-9(13)6-11(12)8(2)14/h4-6,8,10,14-15H,3,7H2,1-2H3/t8-,10?/m0/s1. The van der Waals surface area contributed by atoms with Crippen LogP contribution in [0.3, 0.4) is 0 Å². The van der Waals surface area contributed by atoms with Gasteiger partial charge in [-0.3, -0.25) is 0 Å². The van der Waals surface area contributed by atoms with Gasteiger partial charge in [-0.1, -0.05) is 22.9 Å². The molecule has 0 bridgehead atoms. The van der Waals surface area contributed by atoms with Gasteiger partial charge in [0.25, 0.3) is 0 Å². The molecule has 4 heteroatoms. The maximum absolute atomic E-state index is 9.59. The van der Waals surface area contributed by atoms with Gasteiger partial charge in [-0.2, -0.15) is 0 Å². The fourth-order valence-corrected chi connectivity index (χ4v) is 1.66. The topological polar surface area (TPSA) is 49.7 Å². The molecular weight excluding hydrogens is 272 g/mol. The van der Waals surface area contributed by atoms with Crippen LogP contribution in [-0.4, -0.2) is 22.9 Å². The Morgan fingerprint density at radius 1 is 1.38 bits per heavy atom. The maximum atomic E-state index is 9.59. The summed E-state index contributed by atoms with van der Waals surface area (Å²) in [6.07, 6.45) is -0.405. The zero-order valence-corrected chi connectivity index (χ0v) is 11.1.